The molecule has 0 fully saturated rings. The lowest BCUT2D eigenvalue weighted by Crippen LogP contribution is -2.11. The molecule has 0 aromatic heterocycles. The van der Waals surface area contributed by atoms with E-state index in [9.17, 15) is 8.42 Å². The van der Waals surface area contributed by atoms with Gasteiger partial charge in [-0.1, -0.05) is 0 Å². The maximum Gasteiger partial charge on any atom is 0.238 e. The SMILES string of the molecule is CC(C)=NNc1ccc(S(N)(=O)=O)cc1. The predicted octanol–water partition coefficient (Wildman–Crippen LogP) is 1.14. The summed E-state index contributed by atoms with van der Waals surface area (Å²) >= 11 is 0. The van der Waals surface area contributed by atoms with Crippen LogP contribution in [-0.4, -0.2) is 14.1 Å². The first-order valence-corrected chi connectivity index (χ1v) is 5.84. The van der Waals surface area contributed by atoms with Gasteiger partial charge in [-0.3, -0.25) is 5.43 Å². The molecule has 0 bridgehead atoms. The molecule has 0 atom stereocenters. The van der Waals surface area contributed by atoms with Gasteiger partial charge in [-0.2, -0.15) is 5.10 Å². The molecular formula is C9H13N3O2S. The first-order chi connectivity index (χ1) is 6.89. The van der Waals surface area contributed by atoms with Crippen LogP contribution < -0.4 is 10.6 Å². The normalized spacial score (nSPS) is 10.9. The van der Waals surface area contributed by atoms with Gasteiger partial charge in [0, 0.05) is 5.71 Å². The molecule has 82 valence electrons. The summed E-state index contributed by atoms with van der Waals surface area (Å²) in [6.45, 7) is 3.71. The van der Waals surface area contributed by atoms with Gasteiger partial charge in [-0.15, -0.1) is 0 Å². The van der Waals surface area contributed by atoms with E-state index in [1.807, 2.05) is 13.8 Å². The summed E-state index contributed by atoms with van der Waals surface area (Å²) in [4.78, 5) is 0.0882. The maximum atomic E-state index is 10.9. The quantitative estimate of drug-likeness (QED) is 0.600. The van der Waals surface area contributed by atoms with E-state index in [4.69, 9.17) is 5.14 Å². The van der Waals surface area contributed by atoms with Crippen LogP contribution in [0.4, 0.5) is 5.69 Å². The first kappa shape index (κ1) is 11.7. The molecule has 0 unspecified atom stereocenters. The van der Waals surface area contributed by atoms with Crippen molar-refractivity contribution < 1.29 is 8.42 Å². The van der Waals surface area contributed by atoms with Crippen LogP contribution in [-0.2, 0) is 10.0 Å². The number of primary sulfonamides is 1. The minimum Gasteiger partial charge on any atom is -0.279 e. The fraction of sp³-hybridized carbons (Fsp3) is 0.222. The van der Waals surface area contributed by atoms with Crippen LogP contribution in [0.15, 0.2) is 34.3 Å². The van der Waals surface area contributed by atoms with E-state index in [2.05, 4.69) is 10.5 Å². The van der Waals surface area contributed by atoms with Gasteiger partial charge in [0.25, 0.3) is 0 Å². The molecule has 0 spiro atoms. The Bertz CT molecular complexity index is 459. The predicted molar refractivity (Wildman–Crippen MR) is 60.2 cm³/mol. The summed E-state index contributed by atoms with van der Waals surface area (Å²) in [5, 5.41) is 8.93. The third-order valence-electron chi connectivity index (χ3n) is 1.59. The van der Waals surface area contributed by atoms with Crippen LogP contribution in [0.5, 0.6) is 0 Å². The molecule has 1 aromatic carbocycles. The zero-order chi connectivity index (χ0) is 11.5. The van der Waals surface area contributed by atoms with Crippen LogP contribution >= 0.6 is 0 Å². The molecule has 0 amide bonds. The van der Waals surface area contributed by atoms with Crippen molar-refractivity contribution >= 4 is 21.4 Å². The summed E-state index contributed by atoms with van der Waals surface area (Å²) in [7, 11) is -3.61. The van der Waals surface area contributed by atoms with E-state index in [1.165, 1.54) is 12.1 Å². The van der Waals surface area contributed by atoms with E-state index in [1.54, 1.807) is 12.1 Å². The number of sulfonamides is 1. The Morgan fingerprint density at radius 2 is 1.80 bits per heavy atom. The molecule has 0 radical (unpaired) electrons. The smallest absolute Gasteiger partial charge is 0.238 e. The van der Waals surface area contributed by atoms with Crippen molar-refractivity contribution in [1.82, 2.24) is 0 Å². The Balaban J connectivity index is 2.87. The Morgan fingerprint density at radius 3 is 2.20 bits per heavy atom. The minimum absolute atomic E-state index is 0.0882. The molecular weight excluding hydrogens is 214 g/mol. The molecule has 0 heterocycles. The van der Waals surface area contributed by atoms with Crippen molar-refractivity contribution in [2.45, 2.75) is 18.7 Å². The van der Waals surface area contributed by atoms with Gasteiger partial charge in [0.05, 0.1) is 10.6 Å². The van der Waals surface area contributed by atoms with Crippen molar-refractivity contribution in [2.24, 2.45) is 10.2 Å². The Hall–Kier alpha value is -1.40. The number of nitrogens with two attached hydrogens (primary N) is 1. The molecule has 15 heavy (non-hydrogen) atoms. The Morgan fingerprint density at radius 1 is 1.27 bits per heavy atom. The fourth-order valence-corrected chi connectivity index (χ4v) is 1.41. The third-order valence-corrected chi connectivity index (χ3v) is 2.52. The summed E-state index contributed by atoms with van der Waals surface area (Å²) in [6.07, 6.45) is 0. The van der Waals surface area contributed by atoms with E-state index in [0.717, 1.165) is 5.71 Å². The van der Waals surface area contributed by atoms with Gasteiger partial charge in [-0.25, -0.2) is 13.6 Å². The number of nitrogens with zero attached hydrogens (tertiary/aromatic N) is 1. The molecule has 0 saturated carbocycles. The van der Waals surface area contributed by atoms with Gasteiger partial charge >= 0.3 is 0 Å². The van der Waals surface area contributed by atoms with E-state index in [0.29, 0.717) is 5.69 Å². The summed E-state index contributed by atoms with van der Waals surface area (Å²) in [5.41, 5.74) is 4.37. The van der Waals surface area contributed by atoms with Crippen molar-refractivity contribution in [1.29, 1.82) is 0 Å². The van der Waals surface area contributed by atoms with Gasteiger partial charge in [0.1, 0.15) is 0 Å². The first-order valence-electron chi connectivity index (χ1n) is 4.29. The van der Waals surface area contributed by atoms with Crippen LogP contribution in [0.25, 0.3) is 0 Å². The molecule has 0 saturated heterocycles. The number of nitrogens with one attached hydrogen (secondary N) is 1. The third kappa shape index (κ3) is 3.69. The summed E-state index contributed by atoms with van der Waals surface area (Å²) in [5.74, 6) is 0. The van der Waals surface area contributed by atoms with Gasteiger partial charge in [0.2, 0.25) is 10.0 Å². The molecule has 3 N–H and O–H groups in total. The minimum atomic E-state index is -3.61. The summed E-state index contributed by atoms with van der Waals surface area (Å²) in [6, 6.07) is 6.06. The van der Waals surface area contributed by atoms with E-state index >= 15 is 0 Å². The highest BCUT2D eigenvalue weighted by Gasteiger charge is 2.05. The molecule has 1 rings (SSSR count). The average Bonchev–Trinajstić information content (AvgIpc) is 2.14. The van der Waals surface area contributed by atoms with Crippen molar-refractivity contribution in [3.05, 3.63) is 24.3 Å². The number of rotatable bonds is 3. The Kier molecular flexibility index (Phi) is 3.43. The van der Waals surface area contributed by atoms with E-state index in [-0.39, 0.29) is 4.90 Å². The number of hydrogen-bond acceptors (Lipinski definition) is 4. The van der Waals surface area contributed by atoms with Gasteiger partial charge in [0.15, 0.2) is 0 Å². The molecule has 0 aliphatic carbocycles. The number of hydrazone groups is 1. The summed E-state index contributed by atoms with van der Waals surface area (Å²) < 4.78 is 21.9. The van der Waals surface area contributed by atoms with Crippen molar-refractivity contribution in [3.63, 3.8) is 0 Å². The molecule has 0 aliphatic heterocycles. The lowest BCUT2D eigenvalue weighted by atomic mass is 10.3. The monoisotopic (exact) mass is 227 g/mol. The molecule has 5 nitrogen and oxygen atoms in total. The molecule has 1 aromatic rings. The zero-order valence-electron chi connectivity index (χ0n) is 8.56. The lowest BCUT2D eigenvalue weighted by molar-refractivity contribution is 0.598. The van der Waals surface area contributed by atoms with Crippen LogP contribution in [0, 0.1) is 0 Å². The Labute approximate surface area is 89.0 Å². The van der Waals surface area contributed by atoms with Crippen molar-refractivity contribution in [2.75, 3.05) is 5.43 Å². The number of benzene rings is 1. The second kappa shape index (κ2) is 4.41. The maximum absolute atomic E-state index is 10.9. The highest BCUT2D eigenvalue weighted by Crippen LogP contribution is 2.12. The van der Waals surface area contributed by atoms with Crippen LogP contribution in [0.3, 0.4) is 0 Å². The fourth-order valence-electron chi connectivity index (χ4n) is 0.896. The standard InChI is InChI=1S/C9H13N3O2S/c1-7(2)11-12-8-3-5-9(6-4-8)15(10,13)14/h3-6,12H,1-2H3,(H2,10,13,14). The average molecular weight is 227 g/mol. The van der Waals surface area contributed by atoms with Gasteiger partial charge in [-0.05, 0) is 38.1 Å². The highest BCUT2D eigenvalue weighted by atomic mass is 32.2. The highest BCUT2D eigenvalue weighted by molar-refractivity contribution is 7.89. The second-order valence-corrected chi connectivity index (χ2v) is 4.80. The second-order valence-electron chi connectivity index (χ2n) is 3.24. The lowest BCUT2D eigenvalue weighted by Gasteiger charge is -2.02. The largest absolute Gasteiger partial charge is 0.279 e. The van der Waals surface area contributed by atoms with Crippen molar-refractivity contribution in [3.8, 4) is 0 Å². The molecule has 0 aliphatic rings. The van der Waals surface area contributed by atoms with Crippen LogP contribution in [0.2, 0.25) is 0 Å². The topological polar surface area (TPSA) is 84.5 Å². The van der Waals surface area contributed by atoms with Crippen LogP contribution in [0.1, 0.15) is 13.8 Å². The molecule has 6 heteroatoms. The van der Waals surface area contributed by atoms with E-state index < -0.39 is 10.0 Å². The number of anilines is 1. The number of hydrogen-bond donors (Lipinski definition) is 2. The zero-order valence-corrected chi connectivity index (χ0v) is 9.38. The van der Waals surface area contributed by atoms with Gasteiger partial charge < -0.3 is 0 Å².